The van der Waals surface area contributed by atoms with Gasteiger partial charge in [-0.25, -0.2) is 19.6 Å². The van der Waals surface area contributed by atoms with E-state index >= 15 is 0 Å². The fourth-order valence-electron chi connectivity index (χ4n) is 4.27. The first-order valence-electron chi connectivity index (χ1n) is 9.34. The molecule has 2 saturated heterocycles. The number of anilines is 1. The van der Waals surface area contributed by atoms with E-state index in [2.05, 4.69) is 21.7 Å². The molecule has 3 aliphatic rings. The van der Waals surface area contributed by atoms with Crippen molar-refractivity contribution in [1.82, 2.24) is 21.7 Å². The van der Waals surface area contributed by atoms with E-state index in [1.54, 1.807) is 6.07 Å². The summed E-state index contributed by atoms with van der Waals surface area (Å²) in [4.78, 5) is 14.5. The summed E-state index contributed by atoms with van der Waals surface area (Å²) in [6, 6.07) is 4.71. The molecule has 2 heterocycles. The highest BCUT2D eigenvalue weighted by atomic mass is 19.2. The van der Waals surface area contributed by atoms with E-state index in [4.69, 9.17) is 0 Å². The summed E-state index contributed by atoms with van der Waals surface area (Å²) >= 11 is 0. The second kappa shape index (κ2) is 7.46. The third kappa shape index (κ3) is 3.67. The van der Waals surface area contributed by atoms with Crippen LogP contribution in [0.5, 0.6) is 0 Å². The molecular formula is C18H25F2N5O. The van der Waals surface area contributed by atoms with Crippen molar-refractivity contribution in [2.75, 3.05) is 24.5 Å². The van der Waals surface area contributed by atoms with E-state index in [0.717, 1.165) is 44.8 Å². The van der Waals surface area contributed by atoms with Crippen molar-refractivity contribution in [3.8, 4) is 0 Å². The van der Waals surface area contributed by atoms with E-state index in [0.29, 0.717) is 30.2 Å². The van der Waals surface area contributed by atoms with Crippen LogP contribution >= 0.6 is 0 Å². The molecule has 0 radical (unpaired) electrons. The minimum absolute atomic E-state index is 0.0501. The number of halogens is 2. The monoisotopic (exact) mass is 365 g/mol. The number of benzene rings is 1. The van der Waals surface area contributed by atoms with Gasteiger partial charge in [0.1, 0.15) is 0 Å². The molecule has 2 aliphatic heterocycles. The number of nitrogens with one attached hydrogen (secondary N) is 4. The maximum absolute atomic E-state index is 13.4. The highest BCUT2D eigenvalue weighted by Crippen LogP contribution is 2.27. The molecule has 142 valence electrons. The summed E-state index contributed by atoms with van der Waals surface area (Å²) in [5, 5.41) is 3.10. The van der Waals surface area contributed by atoms with Gasteiger partial charge < -0.3 is 10.2 Å². The van der Waals surface area contributed by atoms with Crippen LogP contribution < -0.4 is 26.6 Å². The molecule has 4 rings (SSSR count). The molecular weight excluding hydrogens is 340 g/mol. The molecule has 1 saturated carbocycles. The molecule has 0 bridgehead atoms. The third-order valence-corrected chi connectivity index (χ3v) is 5.86. The van der Waals surface area contributed by atoms with Crippen molar-refractivity contribution >= 4 is 11.6 Å². The van der Waals surface area contributed by atoms with Crippen LogP contribution in [0.25, 0.3) is 0 Å². The number of hydrazine groups is 2. The Balaban J connectivity index is 1.25. The fourth-order valence-corrected chi connectivity index (χ4v) is 4.27. The van der Waals surface area contributed by atoms with Crippen LogP contribution in [0.3, 0.4) is 0 Å². The van der Waals surface area contributed by atoms with Crippen molar-refractivity contribution in [2.24, 2.45) is 11.8 Å². The lowest BCUT2D eigenvalue weighted by atomic mass is 9.82. The van der Waals surface area contributed by atoms with Gasteiger partial charge in [-0.1, -0.05) is 0 Å². The quantitative estimate of drug-likeness (QED) is 0.643. The van der Waals surface area contributed by atoms with Crippen molar-refractivity contribution in [1.29, 1.82) is 0 Å². The molecule has 1 aliphatic carbocycles. The van der Waals surface area contributed by atoms with Gasteiger partial charge in [-0.05, 0) is 43.7 Å². The highest BCUT2D eigenvalue weighted by molar-refractivity contribution is 5.78. The molecule has 0 aromatic heterocycles. The summed E-state index contributed by atoms with van der Waals surface area (Å²) < 4.78 is 26.5. The average Bonchev–Trinajstić information content (AvgIpc) is 3.30. The van der Waals surface area contributed by atoms with Crippen LogP contribution in [0.2, 0.25) is 0 Å². The second-order valence-electron chi connectivity index (χ2n) is 7.58. The van der Waals surface area contributed by atoms with Crippen molar-refractivity contribution in [3.05, 3.63) is 29.8 Å². The Bertz CT molecular complexity index is 673. The minimum atomic E-state index is -0.825. The van der Waals surface area contributed by atoms with Gasteiger partial charge in [-0.3, -0.25) is 4.79 Å². The lowest BCUT2D eigenvalue weighted by Crippen LogP contribution is -2.45. The molecule has 1 amide bonds. The standard InChI is InChI=1S/C18H25F2N5O/c19-14-3-2-13(8-15(14)20)25-6-5-11(10-25)9-21-18(26)12-1-4-16-17(7-12)23-24-22-16/h2-3,8,11-12,16-17,22-24H,1,4-7,9-10H2,(H,21,26). The average molecular weight is 365 g/mol. The summed E-state index contributed by atoms with van der Waals surface area (Å²) in [5.41, 5.74) is 9.98. The largest absolute Gasteiger partial charge is 0.371 e. The van der Waals surface area contributed by atoms with Gasteiger partial charge in [-0.2, -0.15) is 5.53 Å². The Hall–Kier alpha value is -1.77. The zero-order chi connectivity index (χ0) is 18.1. The lowest BCUT2D eigenvalue weighted by Gasteiger charge is -2.29. The van der Waals surface area contributed by atoms with Gasteiger partial charge >= 0.3 is 0 Å². The van der Waals surface area contributed by atoms with Gasteiger partial charge in [0.25, 0.3) is 0 Å². The van der Waals surface area contributed by atoms with Crippen LogP contribution in [-0.2, 0) is 4.79 Å². The van der Waals surface area contributed by atoms with Crippen LogP contribution in [0.1, 0.15) is 25.7 Å². The van der Waals surface area contributed by atoms with Gasteiger partial charge in [0.05, 0.1) is 0 Å². The SMILES string of the molecule is O=C(NCC1CCN(c2ccc(F)c(F)c2)C1)C1CCC2NNNC2C1. The Morgan fingerprint density at radius 2 is 2.00 bits per heavy atom. The van der Waals surface area contributed by atoms with Crippen molar-refractivity contribution < 1.29 is 13.6 Å². The van der Waals surface area contributed by atoms with Crippen LogP contribution in [0, 0.1) is 23.5 Å². The molecule has 0 spiro atoms. The van der Waals surface area contributed by atoms with Gasteiger partial charge in [0.2, 0.25) is 5.91 Å². The van der Waals surface area contributed by atoms with Gasteiger partial charge in [0, 0.05) is 49.4 Å². The molecule has 1 aromatic carbocycles. The molecule has 3 fully saturated rings. The van der Waals surface area contributed by atoms with E-state index in [1.807, 2.05) is 4.90 Å². The Labute approximate surface area is 151 Å². The molecule has 4 unspecified atom stereocenters. The molecule has 6 nitrogen and oxygen atoms in total. The normalized spacial score (nSPS) is 31.1. The minimum Gasteiger partial charge on any atom is -0.371 e. The molecule has 4 N–H and O–H groups in total. The predicted octanol–water partition coefficient (Wildman–Crippen LogP) is 1.06. The number of carbonyl (C=O) groups excluding carboxylic acids is 1. The van der Waals surface area contributed by atoms with Crippen molar-refractivity contribution in [3.63, 3.8) is 0 Å². The van der Waals surface area contributed by atoms with E-state index in [-0.39, 0.29) is 11.8 Å². The number of hydrogen-bond acceptors (Lipinski definition) is 5. The number of nitrogens with zero attached hydrogens (tertiary/aromatic N) is 1. The summed E-state index contributed by atoms with van der Waals surface area (Å²) in [6.45, 7) is 2.17. The van der Waals surface area contributed by atoms with Crippen LogP contribution in [0.15, 0.2) is 18.2 Å². The first-order valence-corrected chi connectivity index (χ1v) is 9.34. The van der Waals surface area contributed by atoms with Crippen LogP contribution in [-0.4, -0.2) is 37.6 Å². The molecule has 1 aromatic rings. The molecule has 4 atom stereocenters. The fraction of sp³-hybridized carbons (Fsp3) is 0.611. The maximum Gasteiger partial charge on any atom is 0.223 e. The van der Waals surface area contributed by atoms with E-state index < -0.39 is 11.6 Å². The number of amides is 1. The smallest absolute Gasteiger partial charge is 0.223 e. The number of rotatable bonds is 4. The summed E-state index contributed by atoms with van der Waals surface area (Å²) in [5.74, 6) is -1.14. The zero-order valence-electron chi connectivity index (χ0n) is 14.6. The zero-order valence-corrected chi connectivity index (χ0v) is 14.6. The van der Waals surface area contributed by atoms with Crippen molar-refractivity contribution in [2.45, 2.75) is 37.8 Å². The number of fused-ring (bicyclic) bond motifs is 1. The Kier molecular flexibility index (Phi) is 5.06. The van der Waals surface area contributed by atoms with Gasteiger partial charge in [0.15, 0.2) is 11.6 Å². The summed E-state index contributed by atoms with van der Waals surface area (Å²) in [7, 11) is 0. The molecule has 26 heavy (non-hydrogen) atoms. The predicted molar refractivity (Wildman–Crippen MR) is 94.0 cm³/mol. The Morgan fingerprint density at radius 1 is 1.15 bits per heavy atom. The first kappa shape index (κ1) is 17.6. The third-order valence-electron chi connectivity index (χ3n) is 5.86. The van der Waals surface area contributed by atoms with E-state index in [1.165, 1.54) is 6.07 Å². The highest BCUT2D eigenvalue weighted by Gasteiger charge is 2.36. The maximum atomic E-state index is 13.4. The number of carbonyl (C=O) groups is 1. The summed E-state index contributed by atoms with van der Waals surface area (Å²) in [6.07, 6.45) is 3.65. The topological polar surface area (TPSA) is 68.4 Å². The first-order chi connectivity index (χ1) is 12.6. The van der Waals surface area contributed by atoms with Gasteiger partial charge in [-0.15, -0.1) is 0 Å². The lowest BCUT2D eigenvalue weighted by molar-refractivity contribution is -0.126. The number of hydrogen-bond donors (Lipinski definition) is 4. The van der Waals surface area contributed by atoms with E-state index in [9.17, 15) is 13.6 Å². The molecule has 8 heteroatoms. The second-order valence-corrected chi connectivity index (χ2v) is 7.58. The Morgan fingerprint density at radius 3 is 2.85 bits per heavy atom. The van der Waals surface area contributed by atoms with Crippen LogP contribution in [0.4, 0.5) is 14.5 Å².